The molecular weight excluding hydrogens is 600 g/mol. The summed E-state index contributed by atoms with van der Waals surface area (Å²) in [4.78, 5) is 8.96. The molecule has 4 aromatic carbocycles. The van der Waals surface area contributed by atoms with Gasteiger partial charge in [0.15, 0.2) is 0 Å². The van der Waals surface area contributed by atoms with Crippen molar-refractivity contribution in [3.8, 4) is 22.3 Å². The van der Waals surface area contributed by atoms with E-state index in [2.05, 4.69) is 131 Å². The van der Waals surface area contributed by atoms with Gasteiger partial charge in [0.05, 0.1) is 0 Å². The van der Waals surface area contributed by atoms with Gasteiger partial charge in [-0.1, -0.05) is 120 Å². The van der Waals surface area contributed by atoms with Crippen LogP contribution in [0.4, 0.5) is 0 Å². The molecule has 0 saturated heterocycles. The Bertz CT molecular complexity index is 1720. The van der Waals surface area contributed by atoms with Crippen molar-refractivity contribution in [3.63, 3.8) is 0 Å². The van der Waals surface area contributed by atoms with Crippen LogP contribution in [0.3, 0.4) is 0 Å². The van der Waals surface area contributed by atoms with Gasteiger partial charge in [-0.15, -0.1) is 11.1 Å². The first-order chi connectivity index (χ1) is 20.9. The molecule has 43 heavy (non-hydrogen) atoms. The number of hydrogen-bond donors (Lipinski definition) is 0. The summed E-state index contributed by atoms with van der Waals surface area (Å²) in [5.41, 5.74) is 12.2. The van der Waals surface area contributed by atoms with Crippen LogP contribution in [-0.4, -0.2) is 9.97 Å². The fourth-order valence-electron chi connectivity index (χ4n) is 5.83. The number of pyridine rings is 2. The van der Waals surface area contributed by atoms with Crippen LogP contribution in [0.1, 0.15) is 45.5 Å². The zero-order chi connectivity index (χ0) is 28.1. The average molecular weight is 628 g/mol. The maximum atomic E-state index is 4.48. The Morgan fingerprint density at radius 1 is 0.419 bits per heavy atom. The van der Waals surface area contributed by atoms with Crippen molar-refractivity contribution >= 4 is 12.2 Å². The molecule has 2 aliphatic carbocycles. The minimum Gasteiger partial charge on any atom is -0.262 e. The molecule has 0 bridgehead atoms. The largest absolute Gasteiger partial charge is 2.00 e. The summed E-state index contributed by atoms with van der Waals surface area (Å²) in [6, 6.07) is 46.0. The van der Waals surface area contributed by atoms with E-state index in [9.17, 15) is 0 Å². The van der Waals surface area contributed by atoms with E-state index in [4.69, 9.17) is 0 Å². The fraction of sp³-hybridized carbons (Fsp3) is 0.0500. The zero-order valence-corrected chi connectivity index (χ0v) is 26.0. The Balaban J connectivity index is 0.000000150. The van der Waals surface area contributed by atoms with E-state index in [1.165, 1.54) is 44.5 Å². The van der Waals surface area contributed by atoms with Gasteiger partial charge in [0.2, 0.25) is 0 Å². The quantitative estimate of drug-likeness (QED) is 0.182. The predicted molar refractivity (Wildman–Crippen MR) is 171 cm³/mol. The fourth-order valence-corrected chi connectivity index (χ4v) is 5.83. The standard InChI is InChI=1S/2C20H14N.Zr/c2*1-2-7-15(8-3-1)16-9-6-10-17-18(16)12-13-19(17)20-11-4-5-14-21-20;/h2*1-12,14,19H;/q2*-1;+2. The summed E-state index contributed by atoms with van der Waals surface area (Å²) in [7, 11) is 0. The summed E-state index contributed by atoms with van der Waals surface area (Å²) in [6.07, 6.45) is 14.8. The molecule has 202 valence electrons. The molecule has 0 spiro atoms. The monoisotopic (exact) mass is 626 g/mol. The number of fused-ring (bicyclic) bond motifs is 2. The number of nitrogens with zero attached hydrogens (tertiary/aromatic N) is 2. The molecule has 2 heterocycles. The molecule has 6 aromatic rings. The maximum Gasteiger partial charge on any atom is 2.00 e. The van der Waals surface area contributed by atoms with Crippen LogP contribution in [-0.2, 0) is 26.2 Å². The smallest absolute Gasteiger partial charge is 0.262 e. The number of rotatable bonds is 4. The van der Waals surface area contributed by atoms with Gasteiger partial charge in [-0.25, -0.2) is 12.2 Å². The third-order valence-corrected chi connectivity index (χ3v) is 7.83. The molecule has 2 aromatic heterocycles. The molecule has 8 rings (SSSR count). The maximum absolute atomic E-state index is 4.48. The predicted octanol–water partition coefficient (Wildman–Crippen LogP) is 9.42. The van der Waals surface area contributed by atoms with Gasteiger partial charge in [0, 0.05) is 23.8 Å². The number of allylic oxidation sites excluding steroid dienone is 2. The number of benzene rings is 4. The Kier molecular flexibility index (Phi) is 8.82. The van der Waals surface area contributed by atoms with Crippen LogP contribution in [0.5, 0.6) is 0 Å². The van der Waals surface area contributed by atoms with E-state index < -0.39 is 0 Å². The normalized spacial score (nSPS) is 15.5. The van der Waals surface area contributed by atoms with Gasteiger partial charge in [0.1, 0.15) is 0 Å². The SMILES string of the molecule is [C-]1=Cc2c(-c3ccccc3)cccc2C1c1ccccn1.[C-]1=Cc2c(-c3ccccc3)cccc2C1c1ccccn1.[Zr+2]. The first kappa shape index (κ1) is 28.7. The molecule has 2 aliphatic rings. The van der Waals surface area contributed by atoms with Crippen molar-refractivity contribution < 1.29 is 26.2 Å². The Morgan fingerprint density at radius 2 is 0.837 bits per heavy atom. The second-order valence-electron chi connectivity index (χ2n) is 10.3. The van der Waals surface area contributed by atoms with Crippen LogP contribution in [0.25, 0.3) is 34.4 Å². The Morgan fingerprint density at radius 3 is 1.23 bits per heavy atom. The molecule has 2 nitrogen and oxygen atoms in total. The van der Waals surface area contributed by atoms with Crippen molar-refractivity contribution in [2.75, 3.05) is 0 Å². The minimum atomic E-state index is 0. The molecule has 0 aliphatic heterocycles. The van der Waals surface area contributed by atoms with Crippen LogP contribution >= 0.6 is 0 Å². The third kappa shape index (κ3) is 5.92. The van der Waals surface area contributed by atoms with E-state index in [1.807, 2.05) is 48.8 Å². The molecule has 0 saturated carbocycles. The van der Waals surface area contributed by atoms with E-state index in [1.54, 1.807) is 0 Å². The van der Waals surface area contributed by atoms with Crippen molar-refractivity contribution in [2.24, 2.45) is 0 Å². The Labute approximate surface area is 272 Å². The summed E-state index contributed by atoms with van der Waals surface area (Å²) >= 11 is 0. The topological polar surface area (TPSA) is 25.8 Å². The van der Waals surface area contributed by atoms with Gasteiger partial charge in [-0.3, -0.25) is 22.1 Å². The van der Waals surface area contributed by atoms with Crippen LogP contribution < -0.4 is 0 Å². The van der Waals surface area contributed by atoms with Gasteiger partial charge < -0.3 is 0 Å². The third-order valence-electron chi connectivity index (χ3n) is 7.83. The van der Waals surface area contributed by atoms with Gasteiger partial charge in [-0.2, -0.15) is 11.1 Å². The summed E-state index contributed by atoms with van der Waals surface area (Å²) in [5, 5.41) is 0. The van der Waals surface area contributed by atoms with Crippen molar-refractivity contribution in [3.05, 3.63) is 192 Å². The summed E-state index contributed by atoms with van der Waals surface area (Å²) < 4.78 is 0. The first-order valence-corrected chi connectivity index (χ1v) is 14.2. The summed E-state index contributed by atoms with van der Waals surface area (Å²) in [6.45, 7) is 0. The minimum absolute atomic E-state index is 0. The van der Waals surface area contributed by atoms with Crippen LogP contribution in [0.2, 0.25) is 0 Å². The van der Waals surface area contributed by atoms with Gasteiger partial charge in [0.25, 0.3) is 0 Å². The van der Waals surface area contributed by atoms with Crippen LogP contribution in [0, 0.1) is 12.2 Å². The van der Waals surface area contributed by atoms with Crippen molar-refractivity contribution in [2.45, 2.75) is 11.8 Å². The summed E-state index contributed by atoms with van der Waals surface area (Å²) in [5.74, 6) is 0.287. The molecular formula is C40H28N2Zr. The van der Waals surface area contributed by atoms with E-state index in [-0.39, 0.29) is 38.0 Å². The van der Waals surface area contributed by atoms with Gasteiger partial charge >= 0.3 is 26.2 Å². The van der Waals surface area contributed by atoms with Gasteiger partial charge in [-0.05, 0) is 47.2 Å². The van der Waals surface area contributed by atoms with E-state index >= 15 is 0 Å². The number of aromatic nitrogens is 2. The second-order valence-corrected chi connectivity index (χ2v) is 10.3. The Hall–Kier alpha value is -4.46. The van der Waals surface area contributed by atoms with E-state index in [0.717, 1.165) is 11.4 Å². The number of hydrogen-bond acceptors (Lipinski definition) is 2. The zero-order valence-electron chi connectivity index (χ0n) is 23.6. The average Bonchev–Trinajstić information content (AvgIpc) is 3.72. The van der Waals surface area contributed by atoms with Crippen molar-refractivity contribution in [1.29, 1.82) is 0 Å². The molecule has 0 N–H and O–H groups in total. The second kappa shape index (κ2) is 13.2. The molecule has 0 radical (unpaired) electrons. The van der Waals surface area contributed by atoms with Crippen molar-refractivity contribution in [1.82, 2.24) is 9.97 Å². The molecule has 2 atom stereocenters. The molecule has 0 amide bonds. The van der Waals surface area contributed by atoms with Crippen LogP contribution in [0.15, 0.2) is 146 Å². The first-order valence-electron chi connectivity index (χ1n) is 14.2. The molecule has 0 fully saturated rings. The molecule has 3 heteroatoms. The molecule has 2 unspecified atom stereocenters. The van der Waals surface area contributed by atoms with E-state index in [0.29, 0.717) is 0 Å².